The number of alkyl halides is 3. The van der Waals surface area contributed by atoms with Gasteiger partial charge in [-0.2, -0.15) is 13.2 Å². The summed E-state index contributed by atoms with van der Waals surface area (Å²) in [5.74, 6) is -1.14. The average molecular weight is 355 g/mol. The van der Waals surface area contributed by atoms with E-state index in [4.69, 9.17) is 4.52 Å². The molecule has 0 saturated carbocycles. The third-order valence-corrected chi connectivity index (χ3v) is 4.11. The number of para-hydroxylation sites is 1. The van der Waals surface area contributed by atoms with Crippen LogP contribution < -0.4 is 5.32 Å². The van der Waals surface area contributed by atoms with E-state index >= 15 is 0 Å². The maximum atomic E-state index is 12.5. The Kier molecular flexibility index (Phi) is 4.65. The number of nitrogens with zero attached hydrogens (tertiary/aromatic N) is 2. The molecular formula is C16H16F3N3O3. The molecule has 0 aliphatic carbocycles. The zero-order chi connectivity index (χ0) is 18.0. The van der Waals surface area contributed by atoms with Crippen molar-refractivity contribution >= 4 is 22.8 Å². The Morgan fingerprint density at radius 1 is 1.32 bits per heavy atom. The van der Waals surface area contributed by atoms with Crippen molar-refractivity contribution in [1.29, 1.82) is 0 Å². The molecule has 6 nitrogen and oxygen atoms in total. The van der Waals surface area contributed by atoms with Crippen molar-refractivity contribution in [2.24, 2.45) is 0 Å². The zero-order valence-corrected chi connectivity index (χ0v) is 13.2. The third kappa shape index (κ3) is 3.92. The fraction of sp³-hybridized carbons (Fsp3) is 0.438. The van der Waals surface area contributed by atoms with Crippen molar-refractivity contribution < 1.29 is 27.3 Å². The Bertz CT molecular complexity index is 788. The van der Waals surface area contributed by atoms with Crippen molar-refractivity contribution in [2.45, 2.75) is 31.5 Å². The number of carbonyl (C=O) groups excluding carboxylic acids is 2. The van der Waals surface area contributed by atoms with E-state index in [-0.39, 0.29) is 12.3 Å². The van der Waals surface area contributed by atoms with Crippen LogP contribution in [0.1, 0.15) is 18.5 Å². The highest BCUT2D eigenvalue weighted by Crippen LogP contribution is 2.22. The molecule has 2 amide bonds. The van der Waals surface area contributed by atoms with Gasteiger partial charge in [-0.15, -0.1) is 0 Å². The number of benzene rings is 1. The fourth-order valence-electron chi connectivity index (χ4n) is 2.95. The summed E-state index contributed by atoms with van der Waals surface area (Å²) >= 11 is 0. The zero-order valence-electron chi connectivity index (χ0n) is 13.2. The van der Waals surface area contributed by atoms with Gasteiger partial charge < -0.3 is 14.7 Å². The van der Waals surface area contributed by atoms with Crippen molar-refractivity contribution in [3.8, 4) is 0 Å². The van der Waals surface area contributed by atoms with E-state index in [1.165, 1.54) is 4.90 Å². The Labute approximate surface area is 140 Å². The van der Waals surface area contributed by atoms with Crippen LogP contribution in [-0.2, 0) is 16.0 Å². The van der Waals surface area contributed by atoms with Gasteiger partial charge in [0.2, 0.25) is 11.8 Å². The number of carbonyl (C=O) groups is 2. The molecular weight excluding hydrogens is 339 g/mol. The molecule has 0 bridgehead atoms. The molecule has 1 atom stereocenters. The number of hydrogen-bond donors (Lipinski definition) is 1. The van der Waals surface area contributed by atoms with E-state index in [1.807, 2.05) is 5.32 Å². The summed E-state index contributed by atoms with van der Waals surface area (Å²) in [7, 11) is 0. The lowest BCUT2D eigenvalue weighted by Crippen LogP contribution is -2.48. The first kappa shape index (κ1) is 17.2. The van der Waals surface area contributed by atoms with Crippen LogP contribution in [0, 0.1) is 0 Å². The molecule has 1 saturated heterocycles. The van der Waals surface area contributed by atoms with Gasteiger partial charge in [0.05, 0.1) is 6.42 Å². The van der Waals surface area contributed by atoms with Gasteiger partial charge in [-0.25, -0.2) is 0 Å². The molecule has 1 N–H and O–H groups in total. The Hall–Kier alpha value is -2.58. The van der Waals surface area contributed by atoms with Gasteiger partial charge in [-0.05, 0) is 25.0 Å². The maximum Gasteiger partial charge on any atom is 0.405 e. The first-order chi connectivity index (χ1) is 11.8. The molecule has 2 heterocycles. The fourth-order valence-corrected chi connectivity index (χ4v) is 2.95. The van der Waals surface area contributed by atoms with Crippen LogP contribution in [0.2, 0.25) is 0 Å². The van der Waals surface area contributed by atoms with Crippen molar-refractivity contribution in [3.63, 3.8) is 0 Å². The van der Waals surface area contributed by atoms with E-state index in [0.717, 1.165) is 0 Å². The van der Waals surface area contributed by atoms with E-state index in [1.54, 1.807) is 24.3 Å². The molecule has 0 radical (unpaired) electrons. The molecule has 1 aliphatic rings. The standard InChI is InChI=1S/C16H16F3N3O3/c17-16(18,19)9-20-15(24)12-5-3-7-22(12)14(23)8-11-10-4-1-2-6-13(10)25-21-11/h1-2,4,6,12H,3,5,7-9H2,(H,20,24). The number of halogens is 3. The van der Waals surface area contributed by atoms with Crippen molar-refractivity contribution in [1.82, 2.24) is 15.4 Å². The van der Waals surface area contributed by atoms with Crippen LogP contribution in [0.4, 0.5) is 13.2 Å². The SMILES string of the molecule is O=C(NCC(F)(F)F)C1CCCN1C(=O)Cc1noc2ccccc12. The quantitative estimate of drug-likeness (QED) is 0.911. The topological polar surface area (TPSA) is 75.4 Å². The van der Waals surface area contributed by atoms with Crippen molar-refractivity contribution in [2.75, 3.05) is 13.1 Å². The maximum absolute atomic E-state index is 12.5. The highest BCUT2D eigenvalue weighted by atomic mass is 19.4. The molecule has 0 spiro atoms. The minimum Gasteiger partial charge on any atom is -0.356 e. The second-order valence-electron chi connectivity index (χ2n) is 5.88. The number of nitrogens with one attached hydrogen (secondary N) is 1. The predicted molar refractivity (Wildman–Crippen MR) is 81.5 cm³/mol. The second kappa shape index (κ2) is 6.73. The van der Waals surface area contributed by atoms with Gasteiger partial charge in [0.15, 0.2) is 5.58 Å². The molecule has 134 valence electrons. The van der Waals surface area contributed by atoms with Crippen LogP contribution in [-0.4, -0.2) is 47.2 Å². The number of likely N-dealkylation sites (tertiary alicyclic amines) is 1. The molecule has 2 aromatic rings. The van der Waals surface area contributed by atoms with Gasteiger partial charge in [0.1, 0.15) is 18.3 Å². The Morgan fingerprint density at radius 2 is 2.08 bits per heavy atom. The van der Waals surface area contributed by atoms with E-state index in [9.17, 15) is 22.8 Å². The largest absolute Gasteiger partial charge is 0.405 e. The lowest BCUT2D eigenvalue weighted by atomic mass is 10.1. The minimum absolute atomic E-state index is 0.0694. The second-order valence-corrected chi connectivity index (χ2v) is 5.88. The third-order valence-electron chi connectivity index (χ3n) is 4.11. The highest BCUT2D eigenvalue weighted by molar-refractivity contribution is 5.91. The normalized spacial score (nSPS) is 17.9. The van der Waals surface area contributed by atoms with E-state index < -0.39 is 24.7 Å². The van der Waals surface area contributed by atoms with E-state index in [0.29, 0.717) is 36.0 Å². The molecule has 1 aliphatic heterocycles. The summed E-state index contributed by atoms with van der Waals surface area (Å²) in [4.78, 5) is 25.8. The molecule has 1 fully saturated rings. The highest BCUT2D eigenvalue weighted by Gasteiger charge is 2.36. The molecule has 1 unspecified atom stereocenters. The summed E-state index contributed by atoms with van der Waals surface area (Å²) in [5, 5.41) is 6.42. The predicted octanol–water partition coefficient (Wildman–Crippen LogP) is 2.04. The van der Waals surface area contributed by atoms with Gasteiger partial charge in [0.25, 0.3) is 0 Å². The molecule has 3 rings (SSSR count). The smallest absolute Gasteiger partial charge is 0.356 e. The minimum atomic E-state index is -4.48. The van der Waals surface area contributed by atoms with Gasteiger partial charge in [-0.3, -0.25) is 9.59 Å². The number of fused-ring (bicyclic) bond motifs is 1. The first-order valence-corrected chi connectivity index (χ1v) is 7.82. The summed E-state index contributed by atoms with van der Waals surface area (Å²) in [6, 6.07) is 6.18. The molecule has 25 heavy (non-hydrogen) atoms. The van der Waals surface area contributed by atoms with Crippen LogP contribution in [0.25, 0.3) is 11.0 Å². The number of aromatic nitrogens is 1. The van der Waals surface area contributed by atoms with Crippen molar-refractivity contribution in [3.05, 3.63) is 30.0 Å². The van der Waals surface area contributed by atoms with Crippen LogP contribution >= 0.6 is 0 Å². The molecule has 1 aromatic heterocycles. The summed E-state index contributed by atoms with van der Waals surface area (Å²) < 4.78 is 41.9. The molecule has 1 aromatic carbocycles. The number of hydrogen-bond acceptors (Lipinski definition) is 4. The first-order valence-electron chi connectivity index (χ1n) is 7.82. The summed E-state index contributed by atoms with van der Waals surface area (Å²) in [6.07, 6.45) is -3.65. The van der Waals surface area contributed by atoms with Gasteiger partial charge in [0, 0.05) is 11.9 Å². The molecule has 9 heteroatoms. The number of amides is 2. The van der Waals surface area contributed by atoms with Crippen LogP contribution in [0.5, 0.6) is 0 Å². The van der Waals surface area contributed by atoms with Crippen LogP contribution in [0.3, 0.4) is 0 Å². The monoisotopic (exact) mass is 355 g/mol. The Balaban J connectivity index is 1.67. The van der Waals surface area contributed by atoms with Gasteiger partial charge >= 0.3 is 6.18 Å². The lowest BCUT2D eigenvalue weighted by molar-refractivity contribution is -0.144. The van der Waals surface area contributed by atoms with Gasteiger partial charge in [-0.1, -0.05) is 17.3 Å². The Morgan fingerprint density at radius 3 is 2.84 bits per heavy atom. The van der Waals surface area contributed by atoms with E-state index in [2.05, 4.69) is 5.16 Å². The summed E-state index contributed by atoms with van der Waals surface area (Å²) in [6.45, 7) is -1.07. The average Bonchev–Trinajstić information content (AvgIpc) is 3.19. The summed E-state index contributed by atoms with van der Waals surface area (Å²) in [5.41, 5.74) is 0.994. The number of rotatable bonds is 4. The lowest BCUT2D eigenvalue weighted by Gasteiger charge is -2.24. The van der Waals surface area contributed by atoms with Crippen LogP contribution in [0.15, 0.2) is 28.8 Å².